The second-order valence-electron chi connectivity index (χ2n) is 5.23. The molecule has 94 valence electrons. The summed E-state index contributed by atoms with van der Waals surface area (Å²) in [5, 5.41) is 29.7. The summed E-state index contributed by atoms with van der Waals surface area (Å²) >= 11 is 0. The first-order valence-electron chi connectivity index (χ1n) is 6.43. The lowest BCUT2D eigenvalue weighted by atomic mass is 9.83. The summed E-state index contributed by atoms with van der Waals surface area (Å²) in [6, 6.07) is -0.245. The van der Waals surface area contributed by atoms with Crippen LogP contribution in [0.1, 0.15) is 32.6 Å². The van der Waals surface area contributed by atoms with Crippen LogP contribution in [-0.4, -0.2) is 57.7 Å². The van der Waals surface area contributed by atoms with Crippen LogP contribution in [-0.2, 0) is 0 Å². The van der Waals surface area contributed by atoms with Crippen LogP contribution in [0.25, 0.3) is 0 Å². The summed E-state index contributed by atoms with van der Waals surface area (Å²) in [7, 11) is 0. The highest BCUT2D eigenvalue weighted by molar-refractivity contribution is 5.01. The van der Waals surface area contributed by atoms with Crippen LogP contribution in [0.2, 0.25) is 0 Å². The van der Waals surface area contributed by atoms with E-state index >= 15 is 0 Å². The molecular weight excluding hydrogens is 206 g/mol. The number of aliphatic hydroxyl groups is 3. The molecule has 16 heavy (non-hydrogen) atoms. The molecule has 0 unspecified atom stereocenters. The molecule has 3 N–H and O–H groups in total. The lowest BCUT2D eigenvalue weighted by Crippen LogP contribution is -2.53. The lowest BCUT2D eigenvalue weighted by molar-refractivity contribution is -0.0584. The zero-order chi connectivity index (χ0) is 11.7. The predicted molar refractivity (Wildman–Crippen MR) is 61.0 cm³/mol. The van der Waals surface area contributed by atoms with Crippen molar-refractivity contribution in [3.63, 3.8) is 0 Å². The van der Waals surface area contributed by atoms with Crippen LogP contribution in [0, 0.1) is 5.92 Å². The Morgan fingerprint density at radius 3 is 2.62 bits per heavy atom. The van der Waals surface area contributed by atoms with Gasteiger partial charge in [-0.1, -0.05) is 19.8 Å². The van der Waals surface area contributed by atoms with Gasteiger partial charge in [-0.3, -0.25) is 4.90 Å². The molecule has 4 heteroatoms. The van der Waals surface area contributed by atoms with E-state index in [0.717, 1.165) is 32.2 Å². The molecule has 0 aliphatic carbocycles. The quantitative estimate of drug-likeness (QED) is 0.635. The number of fused-ring (bicyclic) bond motifs is 1. The van der Waals surface area contributed by atoms with Gasteiger partial charge in [-0.25, -0.2) is 0 Å². The number of rotatable bonds is 3. The van der Waals surface area contributed by atoms with Crippen molar-refractivity contribution < 1.29 is 15.3 Å². The third-order valence-electron chi connectivity index (χ3n) is 4.14. The molecule has 2 heterocycles. The number of hydrogen-bond donors (Lipinski definition) is 3. The summed E-state index contributed by atoms with van der Waals surface area (Å²) in [4.78, 5) is 2.03. The first-order chi connectivity index (χ1) is 7.65. The molecule has 0 radical (unpaired) electrons. The van der Waals surface area contributed by atoms with E-state index in [2.05, 4.69) is 6.92 Å². The predicted octanol–water partition coefficient (Wildman–Crippen LogP) is -0.0366. The molecule has 0 saturated carbocycles. The van der Waals surface area contributed by atoms with E-state index in [1.54, 1.807) is 0 Å². The lowest BCUT2D eigenvalue weighted by Gasteiger charge is -2.40. The van der Waals surface area contributed by atoms with Crippen LogP contribution in [0.3, 0.4) is 0 Å². The first-order valence-corrected chi connectivity index (χ1v) is 6.43. The minimum Gasteiger partial charge on any atom is -0.391 e. The number of aliphatic hydroxyl groups excluding tert-OH is 3. The van der Waals surface area contributed by atoms with Gasteiger partial charge >= 0.3 is 0 Å². The highest BCUT2D eigenvalue weighted by Gasteiger charge is 2.48. The molecule has 0 bridgehead atoms. The van der Waals surface area contributed by atoms with Crippen molar-refractivity contribution in [2.75, 3.05) is 13.1 Å². The van der Waals surface area contributed by atoms with Crippen LogP contribution < -0.4 is 0 Å². The van der Waals surface area contributed by atoms with Crippen molar-refractivity contribution in [3.05, 3.63) is 0 Å². The first kappa shape index (κ1) is 12.3. The van der Waals surface area contributed by atoms with Crippen molar-refractivity contribution in [2.24, 2.45) is 5.92 Å². The Balaban J connectivity index is 1.99. The Morgan fingerprint density at radius 2 is 1.94 bits per heavy atom. The average molecular weight is 229 g/mol. The van der Waals surface area contributed by atoms with Gasteiger partial charge in [0.05, 0.1) is 24.4 Å². The fourth-order valence-electron chi connectivity index (χ4n) is 3.13. The molecule has 2 rings (SSSR count). The maximum Gasteiger partial charge on any atom is 0.0991 e. The molecule has 0 aromatic carbocycles. The normalized spacial score (nSPS) is 44.6. The molecule has 0 aromatic heterocycles. The highest BCUT2D eigenvalue weighted by atomic mass is 16.3. The average Bonchev–Trinajstić information content (AvgIpc) is 2.55. The standard InChI is InChI=1S/C12H23NO3/c1-2-3-4-8-5-6-13-7-9(14)12(16)10(13)11(8)15/h8-12,14-16H,2-7H2,1H3/t8-,9+,10+,11+,12+/m0/s1. The van der Waals surface area contributed by atoms with Crippen molar-refractivity contribution in [3.8, 4) is 0 Å². The molecule has 2 fully saturated rings. The van der Waals surface area contributed by atoms with Crippen LogP contribution in [0.4, 0.5) is 0 Å². The fraction of sp³-hybridized carbons (Fsp3) is 1.00. The molecule has 2 saturated heterocycles. The monoisotopic (exact) mass is 229 g/mol. The summed E-state index contributed by atoms with van der Waals surface area (Å²) in [6.45, 7) is 3.54. The largest absolute Gasteiger partial charge is 0.391 e. The Morgan fingerprint density at radius 1 is 1.19 bits per heavy atom. The third kappa shape index (κ3) is 2.12. The van der Waals surface area contributed by atoms with Crippen LogP contribution in [0.5, 0.6) is 0 Å². The topological polar surface area (TPSA) is 63.9 Å². The molecule has 2 aliphatic heterocycles. The summed E-state index contributed by atoms with van der Waals surface area (Å²) in [5.74, 6) is 0.293. The molecule has 2 aliphatic rings. The van der Waals surface area contributed by atoms with E-state index in [-0.39, 0.29) is 6.04 Å². The fourth-order valence-corrected chi connectivity index (χ4v) is 3.13. The maximum atomic E-state index is 10.2. The Kier molecular flexibility index (Phi) is 3.85. The van der Waals surface area contributed by atoms with Gasteiger partial charge in [0.1, 0.15) is 0 Å². The molecule has 0 amide bonds. The molecule has 0 aromatic rings. The van der Waals surface area contributed by atoms with Crippen LogP contribution in [0.15, 0.2) is 0 Å². The zero-order valence-electron chi connectivity index (χ0n) is 9.92. The van der Waals surface area contributed by atoms with Crippen molar-refractivity contribution in [1.82, 2.24) is 4.90 Å². The van der Waals surface area contributed by atoms with E-state index in [0.29, 0.717) is 12.5 Å². The molecule has 5 atom stereocenters. The summed E-state index contributed by atoms with van der Waals surface area (Å²) < 4.78 is 0. The van der Waals surface area contributed by atoms with Crippen LogP contribution >= 0.6 is 0 Å². The summed E-state index contributed by atoms with van der Waals surface area (Å²) in [6.07, 6.45) is 2.34. The molecular formula is C12H23NO3. The van der Waals surface area contributed by atoms with Gasteiger partial charge in [0.2, 0.25) is 0 Å². The van der Waals surface area contributed by atoms with Crippen molar-refractivity contribution in [1.29, 1.82) is 0 Å². The van der Waals surface area contributed by atoms with E-state index in [1.807, 2.05) is 4.90 Å². The van der Waals surface area contributed by atoms with Gasteiger partial charge < -0.3 is 15.3 Å². The Bertz CT molecular complexity index is 236. The molecule has 4 nitrogen and oxygen atoms in total. The second-order valence-corrected chi connectivity index (χ2v) is 5.23. The van der Waals surface area contributed by atoms with Crippen molar-refractivity contribution in [2.45, 2.75) is 57.0 Å². The SMILES string of the molecule is CCCC[C@H]1CCN2C[C@@H](O)[C@@H](O)[C@H]2[C@@H]1O. The summed E-state index contributed by atoms with van der Waals surface area (Å²) in [5.41, 5.74) is 0. The highest BCUT2D eigenvalue weighted by Crippen LogP contribution is 2.33. The Hall–Kier alpha value is -0.160. The number of unbranched alkanes of at least 4 members (excludes halogenated alkanes) is 1. The van der Waals surface area contributed by atoms with Gasteiger partial charge in [-0.05, 0) is 25.3 Å². The van der Waals surface area contributed by atoms with E-state index in [4.69, 9.17) is 0 Å². The number of nitrogens with zero attached hydrogens (tertiary/aromatic N) is 1. The smallest absolute Gasteiger partial charge is 0.0991 e. The maximum absolute atomic E-state index is 10.2. The van der Waals surface area contributed by atoms with Gasteiger partial charge in [-0.2, -0.15) is 0 Å². The minimum atomic E-state index is -0.778. The third-order valence-corrected chi connectivity index (χ3v) is 4.14. The van der Waals surface area contributed by atoms with Gasteiger partial charge in [0, 0.05) is 6.54 Å². The number of piperidine rings is 1. The second kappa shape index (κ2) is 5.00. The minimum absolute atomic E-state index is 0.245. The molecule has 0 spiro atoms. The van der Waals surface area contributed by atoms with Gasteiger partial charge in [0.15, 0.2) is 0 Å². The zero-order valence-corrected chi connectivity index (χ0v) is 9.92. The van der Waals surface area contributed by atoms with Gasteiger partial charge in [0.25, 0.3) is 0 Å². The number of hydrogen-bond acceptors (Lipinski definition) is 4. The van der Waals surface area contributed by atoms with Crippen molar-refractivity contribution >= 4 is 0 Å². The van der Waals surface area contributed by atoms with E-state index in [9.17, 15) is 15.3 Å². The van der Waals surface area contributed by atoms with E-state index < -0.39 is 18.3 Å². The van der Waals surface area contributed by atoms with Gasteiger partial charge in [-0.15, -0.1) is 0 Å². The Labute approximate surface area is 96.9 Å². The van der Waals surface area contributed by atoms with E-state index in [1.165, 1.54) is 0 Å².